The van der Waals surface area contributed by atoms with E-state index in [1.165, 1.54) is 0 Å². The molecule has 11 N–H and O–H groups in total. The van der Waals surface area contributed by atoms with Gasteiger partial charge in [-0.1, -0.05) is 40.5 Å². The highest BCUT2D eigenvalue weighted by atomic mass is 32.1. The van der Waals surface area contributed by atoms with Gasteiger partial charge in [0.2, 0.25) is 35.4 Å². The maximum atomic E-state index is 13.4. The molecule has 0 bridgehead atoms. The predicted octanol–water partition coefficient (Wildman–Crippen LogP) is -2.06. The van der Waals surface area contributed by atoms with Crippen LogP contribution in [0.25, 0.3) is 0 Å². The molecular weight excluding hydrogens is 584 g/mol. The zero-order valence-electron chi connectivity index (χ0n) is 25.0. The van der Waals surface area contributed by atoms with Crippen LogP contribution in [0.15, 0.2) is 0 Å². The summed E-state index contributed by atoms with van der Waals surface area (Å²) in [5.41, 5.74) is 16.4. The van der Waals surface area contributed by atoms with Crippen molar-refractivity contribution in [3.63, 3.8) is 0 Å². The Morgan fingerprint density at radius 1 is 0.643 bits per heavy atom. The highest BCUT2D eigenvalue weighted by Crippen LogP contribution is 2.12. The molecule has 242 valence electrons. The molecule has 0 aliphatic rings. The molecule has 0 saturated carbocycles. The molecule has 7 atom stereocenters. The van der Waals surface area contributed by atoms with E-state index >= 15 is 0 Å². The first kappa shape index (κ1) is 39.4. The Bertz CT molecular complexity index is 912. The van der Waals surface area contributed by atoms with Gasteiger partial charge in [0.1, 0.15) is 30.2 Å². The van der Waals surface area contributed by atoms with Gasteiger partial charge in [-0.25, -0.2) is 0 Å². The minimum Gasteiger partial charge on any atom is -0.368 e. The average Bonchev–Trinajstić information content (AvgIpc) is 2.97. The largest absolute Gasteiger partial charge is 0.368 e. The normalized spacial score (nSPS) is 16.0. The van der Waals surface area contributed by atoms with E-state index < -0.39 is 65.7 Å². The summed E-state index contributed by atoms with van der Waals surface area (Å²) in [7, 11) is 0. The molecule has 0 spiro atoms. The van der Waals surface area contributed by atoms with Crippen molar-refractivity contribution in [2.24, 2.45) is 29.0 Å². The number of hydrogen-bond donors (Lipinski definition) is 10. The van der Waals surface area contributed by atoms with E-state index in [0.717, 1.165) is 0 Å². The van der Waals surface area contributed by atoms with Crippen LogP contribution in [0, 0.1) is 11.8 Å². The number of hydrogen-bond acceptors (Lipinski definition) is 10. The van der Waals surface area contributed by atoms with Crippen molar-refractivity contribution in [2.45, 2.75) is 90.0 Å². The van der Waals surface area contributed by atoms with Gasteiger partial charge in [-0.15, -0.1) is 0 Å². The summed E-state index contributed by atoms with van der Waals surface area (Å²) in [6.07, 6.45) is 2.42. The van der Waals surface area contributed by atoms with E-state index in [4.69, 9.17) is 17.2 Å². The summed E-state index contributed by atoms with van der Waals surface area (Å²) in [5.74, 6) is -4.49. The molecule has 16 heteroatoms. The van der Waals surface area contributed by atoms with E-state index in [2.05, 4.69) is 51.8 Å². The van der Waals surface area contributed by atoms with Crippen molar-refractivity contribution in [1.29, 1.82) is 0 Å². The number of carbonyl (C=O) groups excluding carboxylic acids is 6. The van der Waals surface area contributed by atoms with Crippen molar-refractivity contribution in [3.8, 4) is 0 Å². The third-order valence-corrected chi connectivity index (χ3v) is 7.76. The van der Waals surface area contributed by atoms with Gasteiger partial charge in [0.05, 0.1) is 6.54 Å². The predicted molar refractivity (Wildman–Crippen MR) is 167 cm³/mol. The SMILES string of the molecule is CC[C@H](C)[C@H](NC(=O)[C@H](CS)NC(=O)[C@@H](NC(=O)[C@H](CCCCN)NC(=O)[C@H](CS)NC(=O)CN)[C@@H](C)CC)C(N)=O. The Hall–Kier alpha value is -2.56. The smallest absolute Gasteiger partial charge is 0.244 e. The number of primary amides is 1. The molecule has 42 heavy (non-hydrogen) atoms. The van der Waals surface area contributed by atoms with Crippen LogP contribution in [0.4, 0.5) is 0 Å². The number of unbranched alkanes of at least 4 members (excludes halogenated alkanes) is 1. The lowest BCUT2D eigenvalue weighted by Gasteiger charge is -2.29. The molecule has 0 fully saturated rings. The van der Waals surface area contributed by atoms with Gasteiger partial charge in [-0.2, -0.15) is 25.3 Å². The lowest BCUT2D eigenvalue weighted by atomic mass is 9.96. The van der Waals surface area contributed by atoms with Gasteiger partial charge in [0, 0.05) is 11.5 Å². The van der Waals surface area contributed by atoms with Crippen LogP contribution in [0.2, 0.25) is 0 Å². The van der Waals surface area contributed by atoms with Gasteiger partial charge < -0.3 is 43.8 Å². The second-order valence-corrected chi connectivity index (χ2v) is 11.0. The zero-order chi connectivity index (χ0) is 32.4. The van der Waals surface area contributed by atoms with Gasteiger partial charge in [-0.05, 0) is 37.6 Å². The molecular formula is C26H50N8O6S2. The van der Waals surface area contributed by atoms with E-state index in [0.29, 0.717) is 32.2 Å². The molecule has 0 radical (unpaired) electrons. The quantitative estimate of drug-likeness (QED) is 0.0496. The summed E-state index contributed by atoms with van der Waals surface area (Å²) in [6.45, 7) is 7.27. The van der Waals surface area contributed by atoms with E-state index in [1.807, 2.05) is 13.8 Å². The molecule has 0 aromatic heterocycles. The lowest BCUT2D eigenvalue weighted by Crippen LogP contribution is -2.61. The van der Waals surface area contributed by atoms with E-state index in [1.54, 1.807) is 13.8 Å². The molecule has 0 rings (SSSR count). The maximum Gasteiger partial charge on any atom is 0.244 e. The minimum absolute atomic E-state index is 0.0343. The summed E-state index contributed by atoms with van der Waals surface area (Å²) >= 11 is 8.29. The van der Waals surface area contributed by atoms with Gasteiger partial charge in [0.15, 0.2) is 0 Å². The number of nitrogens with two attached hydrogens (primary N) is 3. The number of amides is 6. The third-order valence-electron chi connectivity index (χ3n) is 7.03. The van der Waals surface area contributed by atoms with Crippen LogP contribution in [0.1, 0.15) is 59.8 Å². The Morgan fingerprint density at radius 3 is 1.57 bits per heavy atom. The number of nitrogens with one attached hydrogen (secondary N) is 5. The molecule has 0 aromatic carbocycles. The summed E-state index contributed by atoms with van der Waals surface area (Å²) in [4.78, 5) is 76.1. The molecule has 0 heterocycles. The first-order valence-corrected chi connectivity index (χ1v) is 15.5. The molecule has 0 aliphatic heterocycles. The van der Waals surface area contributed by atoms with Crippen molar-refractivity contribution in [1.82, 2.24) is 26.6 Å². The van der Waals surface area contributed by atoms with Crippen LogP contribution in [-0.4, -0.2) is 90.2 Å². The van der Waals surface area contributed by atoms with Crippen LogP contribution in [0.3, 0.4) is 0 Å². The van der Waals surface area contributed by atoms with Crippen LogP contribution >= 0.6 is 25.3 Å². The first-order chi connectivity index (χ1) is 19.8. The highest BCUT2D eigenvalue weighted by molar-refractivity contribution is 7.80. The van der Waals surface area contributed by atoms with Gasteiger partial charge in [0.25, 0.3) is 0 Å². The third kappa shape index (κ3) is 13.6. The monoisotopic (exact) mass is 634 g/mol. The van der Waals surface area contributed by atoms with Crippen molar-refractivity contribution >= 4 is 60.7 Å². The van der Waals surface area contributed by atoms with Crippen LogP contribution < -0.4 is 43.8 Å². The lowest BCUT2D eigenvalue weighted by molar-refractivity contribution is -0.135. The Kier molecular flexibility index (Phi) is 19.9. The molecule has 0 aliphatic carbocycles. The zero-order valence-corrected chi connectivity index (χ0v) is 26.8. The Labute approximate surface area is 259 Å². The molecule has 6 amide bonds. The van der Waals surface area contributed by atoms with Crippen molar-refractivity contribution in [3.05, 3.63) is 0 Å². The fourth-order valence-corrected chi connectivity index (χ4v) is 4.39. The van der Waals surface area contributed by atoms with Gasteiger partial charge in [-0.3, -0.25) is 28.8 Å². The van der Waals surface area contributed by atoms with Crippen LogP contribution in [-0.2, 0) is 28.8 Å². The Morgan fingerprint density at radius 2 is 1.10 bits per heavy atom. The Balaban J connectivity index is 5.83. The number of carbonyl (C=O) groups is 6. The van der Waals surface area contributed by atoms with E-state index in [-0.39, 0.29) is 36.3 Å². The fourth-order valence-electron chi connectivity index (χ4n) is 3.88. The molecule has 0 saturated heterocycles. The second kappa shape index (κ2) is 21.2. The van der Waals surface area contributed by atoms with Gasteiger partial charge >= 0.3 is 0 Å². The molecule has 0 aromatic rings. The molecule has 14 nitrogen and oxygen atoms in total. The number of thiol groups is 2. The average molecular weight is 635 g/mol. The van der Waals surface area contributed by atoms with Crippen molar-refractivity contribution < 1.29 is 28.8 Å². The minimum atomic E-state index is -1.11. The summed E-state index contributed by atoms with van der Waals surface area (Å²) in [5, 5.41) is 13.0. The fraction of sp³-hybridized carbons (Fsp3) is 0.769. The molecule has 0 unspecified atom stereocenters. The first-order valence-electron chi connectivity index (χ1n) is 14.2. The van der Waals surface area contributed by atoms with Crippen molar-refractivity contribution in [2.75, 3.05) is 24.6 Å². The highest BCUT2D eigenvalue weighted by Gasteiger charge is 2.34. The maximum absolute atomic E-state index is 13.4. The second-order valence-electron chi connectivity index (χ2n) is 10.2. The topological polar surface area (TPSA) is 241 Å². The van der Waals surface area contributed by atoms with E-state index in [9.17, 15) is 28.8 Å². The number of rotatable bonds is 21. The summed E-state index contributed by atoms with van der Waals surface area (Å²) < 4.78 is 0. The summed E-state index contributed by atoms with van der Waals surface area (Å²) in [6, 6.07) is -5.18. The standard InChI is InChI=1S/C26H50N8O6S2/c1-5-14(3)20(22(29)36)33-25(39)18(13-42)32-26(40)21(15(4)6-2)34-23(37)16(9-7-8-10-27)31-24(38)17(12-41)30-19(35)11-28/h14-18,20-21,41-42H,5-13,27-28H2,1-4H3,(H2,29,36)(H,30,35)(H,31,38)(H,32,40)(H,33,39)(H,34,37)/t14-,15-,16-,17-,18-,20-,21-/m0/s1. The van der Waals surface area contributed by atoms with Crippen LogP contribution in [0.5, 0.6) is 0 Å².